The maximum Gasteiger partial charge on any atom is 0.301 e. The molecule has 0 atom stereocenters. The minimum absolute atomic E-state index is 0.0484. The lowest BCUT2D eigenvalue weighted by atomic mass is 10.3. The number of nitro groups is 1. The molecule has 0 saturated heterocycles. The number of hydrogen-bond acceptors (Lipinski definition) is 3. The van der Waals surface area contributed by atoms with Gasteiger partial charge in [0.25, 0.3) is 0 Å². The molecule has 0 aromatic heterocycles. The van der Waals surface area contributed by atoms with E-state index in [1.165, 1.54) is 0 Å². The summed E-state index contributed by atoms with van der Waals surface area (Å²) in [6.07, 6.45) is 0. The summed E-state index contributed by atoms with van der Waals surface area (Å²) in [5.41, 5.74) is -0.0484. The van der Waals surface area contributed by atoms with E-state index >= 15 is 0 Å². The first-order valence-corrected chi connectivity index (χ1v) is 7.49. The van der Waals surface area contributed by atoms with Crippen LogP contribution in [0.4, 0.5) is 5.69 Å². The molecule has 0 unspecified atom stereocenters. The monoisotopic (exact) mass is 479 g/mol. The van der Waals surface area contributed by atoms with E-state index in [0.717, 1.165) is 0 Å². The normalized spacial score (nSPS) is 10.2. The van der Waals surface area contributed by atoms with Gasteiger partial charge in [0.15, 0.2) is 5.75 Å². The molecule has 0 aliphatic carbocycles. The average molecular weight is 483 g/mol. The molecule has 1 rings (SSSR count). The first kappa shape index (κ1) is 14.4. The Bertz CT molecular complexity index is 424. The fourth-order valence-corrected chi connectivity index (χ4v) is 3.80. The van der Waals surface area contributed by atoms with Crippen LogP contribution in [0.3, 0.4) is 0 Å². The third-order valence-electron chi connectivity index (χ3n) is 1.61. The zero-order valence-electron chi connectivity index (χ0n) is 7.68. The molecule has 0 fully saturated rings. The maximum atomic E-state index is 10.8. The number of benzene rings is 1. The fourth-order valence-electron chi connectivity index (χ4n) is 1.00. The van der Waals surface area contributed by atoms with E-state index in [2.05, 4.69) is 63.7 Å². The molecule has 16 heavy (non-hydrogen) atoms. The summed E-state index contributed by atoms with van der Waals surface area (Å²) in [4.78, 5) is 10.4. The van der Waals surface area contributed by atoms with Crippen molar-refractivity contribution >= 4 is 69.4 Å². The first-order chi connectivity index (χ1) is 7.49. The summed E-state index contributed by atoms with van der Waals surface area (Å²) in [6, 6.07) is 1.59. The highest BCUT2D eigenvalue weighted by atomic mass is 79.9. The number of halogens is 4. The lowest BCUT2D eigenvalue weighted by Crippen LogP contribution is -2.01. The van der Waals surface area contributed by atoms with Crippen molar-refractivity contribution in [1.29, 1.82) is 0 Å². The molecule has 4 nitrogen and oxygen atoms in total. The van der Waals surface area contributed by atoms with Crippen LogP contribution in [0.1, 0.15) is 0 Å². The third-order valence-corrected chi connectivity index (χ3v) is 3.86. The van der Waals surface area contributed by atoms with Gasteiger partial charge in [0.2, 0.25) is 0 Å². The van der Waals surface area contributed by atoms with Gasteiger partial charge in [-0.3, -0.25) is 10.1 Å². The summed E-state index contributed by atoms with van der Waals surface area (Å²) in [5.74, 6) is 0.425. The van der Waals surface area contributed by atoms with Gasteiger partial charge in [-0.15, -0.1) is 0 Å². The second-order valence-corrected chi connectivity index (χ2v) is 5.92. The van der Waals surface area contributed by atoms with Gasteiger partial charge in [0, 0.05) is 5.33 Å². The van der Waals surface area contributed by atoms with E-state index in [-0.39, 0.29) is 5.69 Å². The molecule has 0 bridgehead atoms. The van der Waals surface area contributed by atoms with Crippen LogP contribution >= 0.6 is 63.7 Å². The molecule has 0 saturated carbocycles. The van der Waals surface area contributed by atoms with Crippen molar-refractivity contribution in [3.63, 3.8) is 0 Å². The van der Waals surface area contributed by atoms with E-state index in [1.807, 2.05) is 0 Å². The predicted molar refractivity (Wildman–Crippen MR) is 75.5 cm³/mol. The maximum absolute atomic E-state index is 10.8. The smallest absolute Gasteiger partial charge is 0.301 e. The Kier molecular flexibility index (Phi) is 5.69. The SMILES string of the molecule is O=[N+]([O-])c1c(Br)cc(Br)c(OCCBr)c1Br. The highest BCUT2D eigenvalue weighted by Gasteiger charge is 2.23. The van der Waals surface area contributed by atoms with Gasteiger partial charge in [-0.25, -0.2) is 0 Å². The van der Waals surface area contributed by atoms with Gasteiger partial charge >= 0.3 is 5.69 Å². The predicted octanol–water partition coefficient (Wildman–Crippen LogP) is 4.66. The first-order valence-electron chi connectivity index (χ1n) is 3.99. The molecule has 1 aromatic rings. The molecule has 0 aliphatic heterocycles. The van der Waals surface area contributed by atoms with Crippen molar-refractivity contribution in [3.8, 4) is 5.75 Å². The van der Waals surface area contributed by atoms with Gasteiger partial charge in [-0.1, -0.05) is 15.9 Å². The van der Waals surface area contributed by atoms with Gasteiger partial charge in [0.05, 0.1) is 20.5 Å². The van der Waals surface area contributed by atoms with E-state index in [9.17, 15) is 10.1 Å². The van der Waals surface area contributed by atoms with E-state index in [0.29, 0.717) is 31.1 Å². The van der Waals surface area contributed by atoms with Gasteiger partial charge in [-0.2, -0.15) is 0 Å². The number of rotatable bonds is 4. The minimum atomic E-state index is -0.471. The van der Waals surface area contributed by atoms with Crippen LogP contribution in [-0.4, -0.2) is 16.9 Å². The lowest BCUT2D eigenvalue weighted by molar-refractivity contribution is -0.386. The van der Waals surface area contributed by atoms with Crippen LogP contribution in [0.15, 0.2) is 19.5 Å². The number of nitro benzene ring substituents is 1. The molecule has 0 amide bonds. The quantitative estimate of drug-likeness (QED) is 0.356. The highest BCUT2D eigenvalue weighted by Crippen LogP contribution is 2.44. The molecular weight excluding hydrogens is 478 g/mol. The fraction of sp³-hybridized carbons (Fsp3) is 0.250. The summed E-state index contributed by atoms with van der Waals surface area (Å²) in [5, 5.41) is 11.5. The number of ether oxygens (including phenoxy) is 1. The topological polar surface area (TPSA) is 52.4 Å². The molecule has 0 spiro atoms. The molecular formula is C8H5Br4NO3. The summed E-state index contributed by atoms with van der Waals surface area (Å²) < 4.78 is 6.76. The van der Waals surface area contributed by atoms with Crippen LogP contribution in [0, 0.1) is 10.1 Å². The van der Waals surface area contributed by atoms with Gasteiger partial charge in [0.1, 0.15) is 4.47 Å². The van der Waals surface area contributed by atoms with Crippen LogP contribution < -0.4 is 4.74 Å². The van der Waals surface area contributed by atoms with Crippen molar-refractivity contribution in [1.82, 2.24) is 0 Å². The summed E-state index contributed by atoms with van der Waals surface area (Å²) in [6.45, 7) is 0.427. The van der Waals surface area contributed by atoms with Crippen LogP contribution in [0.2, 0.25) is 0 Å². The second kappa shape index (κ2) is 6.32. The zero-order valence-corrected chi connectivity index (χ0v) is 14.0. The zero-order chi connectivity index (χ0) is 12.3. The van der Waals surface area contributed by atoms with E-state index < -0.39 is 4.92 Å². The Morgan fingerprint density at radius 1 is 1.31 bits per heavy atom. The standard InChI is InChI=1S/C8H5Br4NO3/c9-1-2-16-8-5(11)3-4(10)7(6(8)12)13(14)15/h3H,1-2H2. The highest BCUT2D eigenvalue weighted by molar-refractivity contribution is 9.11. The molecule has 8 heteroatoms. The largest absolute Gasteiger partial charge is 0.490 e. The van der Waals surface area contributed by atoms with E-state index in [4.69, 9.17) is 4.74 Å². The average Bonchev–Trinajstić information content (AvgIpc) is 2.16. The van der Waals surface area contributed by atoms with Crippen molar-refractivity contribution in [2.24, 2.45) is 0 Å². The Morgan fingerprint density at radius 3 is 2.44 bits per heavy atom. The molecule has 0 radical (unpaired) electrons. The van der Waals surface area contributed by atoms with Crippen molar-refractivity contribution in [3.05, 3.63) is 29.6 Å². The Morgan fingerprint density at radius 2 is 1.94 bits per heavy atom. The molecule has 0 N–H and O–H groups in total. The van der Waals surface area contributed by atoms with Crippen molar-refractivity contribution in [2.75, 3.05) is 11.9 Å². The molecule has 0 heterocycles. The summed E-state index contributed by atoms with van der Waals surface area (Å²) >= 11 is 12.8. The Hall–Kier alpha value is 0.340. The molecule has 88 valence electrons. The third kappa shape index (κ3) is 3.18. The minimum Gasteiger partial charge on any atom is -0.490 e. The van der Waals surface area contributed by atoms with Crippen molar-refractivity contribution in [2.45, 2.75) is 0 Å². The van der Waals surface area contributed by atoms with Crippen LogP contribution in [0.5, 0.6) is 5.75 Å². The van der Waals surface area contributed by atoms with Crippen LogP contribution in [0.25, 0.3) is 0 Å². The van der Waals surface area contributed by atoms with Gasteiger partial charge in [-0.05, 0) is 53.9 Å². The van der Waals surface area contributed by atoms with Gasteiger partial charge < -0.3 is 4.74 Å². The number of nitrogens with zero attached hydrogens (tertiary/aromatic N) is 1. The molecule has 1 aromatic carbocycles. The van der Waals surface area contributed by atoms with Crippen molar-refractivity contribution < 1.29 is 9.66 Å². The van der Waals surface area contributed by atoms with E-state index in [1.54, 1.807) is 6.07 Å². The number of alkyl halides is 1. The second-order valence-electron chi connectivity index (χ2n) is 2.63. The summed E-state index contributed by atoms with van der Waals surface area (Å²) in [7, 11) is 0. The Balaban J connectivity index is 3.27. The number of hydrogen-bond donors (Lipinski definition) is 0. The molecule has 0 aliphatic rings. The van der Waals surface area contributed by atoms with Crippen LogP contribution in [-0.2, 0) is 0 Å². The Labute approximate surface area is 125 Å². The lowest BCUT2D eigenvalue weighted by Gasteiger charge is -2.10.